The molecule has 0 spiro atoms. The zero-order valence-electron chi connectivity index (χ0n) is 9.48. The van der Waals surface area contributed by atoms with Crippen LogP contribution in [0.25, 0.3) is 0 Å². The van der Waals surface area contributed by atoms with Crippen molar-refractivity contribution in [2.24, 2.45) is 0 Å². The van der Waals surface area contributed by atoms with Crippen molar-refractivity contribution in [1.29, 1.82) is 0 Å². The maximum absolute atomic E-state index is 13.0. The van der Waals surface area contributed by atoms with Crippen molar-refractivity contribution >= 4 is 12.6 Å². The topological polar surface area (TPSA) is 49.7 Å². The molecule has 0 aromatic heterocycles. The number of rotatable bonds is 5. The molecule has 0 bridgehead atoms. The molecular weight excluding hydrogens is 210 g/mol. The molecule has 0 radical (unpaired) electrons. The summed E-state index contributed by atoms with van der Waals surface area (Å²) < 4.78 is 18.6. The fourth-order valence-electron chi connectivity index (χ4n) is 1.46. The molecule has 3 nitrogen and oxygen atoms in total. The summed E-state index contributed by atoms with van der Waals surface area (Å²) in [4.78, 5) is 0. The van der Waals surface area contributed by atoms with Gasteiger partial charge in [-0.3, -0.25) is 0 Å². The van der Waals surface area contributed by atoms with E-state index in [0.29, 0.717) is 0 Å². The normalized spacial score (nSPS) is 10.6. The average Bonchev–Trinajstić information content (AvgIpc) is 2.25. The van der Waals surface area contributed by atoms with Gasteiger partial charge in [0.05, 0.1) is 6.10 Å². The third-order valence-electron chi connectivity index (χ3n) is 2.46. The maximum Gasteiger partial charge on any atom is 0.492 e. The van der Waals surface area contributed by atoms with Crippen molar-refractivity contribution in [3.05, 3.63) is 24.0 Å². The Hall–Kier alpha value is -1.07. The molecule has 88 valence electrons. The lowest BCUT2D eigenvalue weighted by Crippen LogP contribution is -2.33. The van der Waals surface area contributed by atoms with E-state index in [1.165, 1.54) is 18.2 Å². The van der Waals surface area contributed by atoms with E-state index in [9.17, 15) is 4.39 Å². The summed E-state index contributed by atoms with van der Waals surface area (Å²) in [5, 5.41) is 18.2. The molecule has 0 saturated heterocycles. The van der Waals surface area contributed by atoms with E-state index >= 15 is 0 Å². The maximum atomic E-state index is 13.0. The molecular formula is C11H16BFO3. The van der Waals surface area contributed by atoms with Gasteiger partial charge in [-0.1, -0.05) is 19.9 Å². The van der Waals surface area contributed by atoms with Gasteiger partial charge in [0.25, 0.3) is 0 Å². The van der Waals surface area contributed by atoms with Crippen molar-refractivity contribution in [2.75, 3.05) is 0 Å². The summed E-state index contributed by atoms with van der Waals surface area (Å²) in [7, 11) is -1.65. The van der Waals surface area contributed by atoms with Crippen LogP contribution in [0.3, 0.4) is 0 Å². The molecule has 0 amide bonds. The predicted molar refractivity (Wildman–Crippen MR) is 61.2 cm³/mol. The smallest absolute Gasteiger partial charge is 0.491 e. The zero-order chi connectivity index (χ0) is 12.1. The number of benzene rings is 1. The van der Waals surface area contributed by atoms with Gasteiger partial charge in [0.15, 0.2) is 0 Å². The van der Waals surface area contributed by atoms with Gasteiger partial charge >= 0.3 is 7.12 Å². The van der Waals surface area contributed by atoms with E-state index in [-0.39, 0.29) is 17.3 Å². The van der Waals surface area contributed by atoms with Crippen molar-refractivity contribution in [2.45, 2.75) is 32.8 Å². The summed E-state index contributed by atoms with van der Waals surface area (Å²) in [6.07, 6.45) is 1.53. The predicted octanol–water partition coefficient (Wildman–Crippen LogP) is 1.07. The Morgan fingerprint density at radius 1 is 1.31 bits per heavy atom. The molecule has 1 rings (SSSR count). The van der Waals surface area contributed by atoms with E-state index < -0.39 is 12.9 Å². The first-order valence-electron chi connectivity index (χ1n) is 5.40. The minimum atomic E-state index is -1.65. The quantitative estimate of drug-likeness (QED) is 0.738. The summed E-state index contributed by atoms with van der Waals surface area (Å²) in [6.45, 7) is 3.92. The van der Waals surface area contributed by atoms with Gasteiger partial charge in [0.1, 0.15) is 11.6 Å². The number of halogens is 1. The third-order valence-corrected chi connectivity index (χ3v) is 2.46. The van der Waals surface area contributed by atoms with Gasteiger partial charge < -0.3 is 14.8 Å². The fourth-order valence-corrected chi connectivity index (χ4v) is 1.46. The zero-order valence-corrected chi connectivity index (χ0v) is 9.48. The van der Waals surface area contributed by atoms with Crippen LogP contribution >= 0.6 is 0 Å². The van der Waals surface area contributed by atoms with Gasteiger partial charge in [-0.2, -0.15) is 0 Å². The van der Waals surface area contributed by atoms with E-state index in [0.717, 1.165) is 12.8 Å². The van der Waals surface area contributed by atoms with Crippen LogP contribution in [0.15, 0.2) is 18.2 Å². The van der Waals surface area contributed by atoms with Crippen molar-refractivity contribution in [3.63, 3.8) is 0 Å². The average molecular weight is 226 g/mol. The molecule has 0 aliphatic rings. The number of ether oxygens (including phenoxy) is 1. The molecule has 16 heavy (non-hydrogen) atoms. The van der Waals surface area contributed by atoms with Gasteiger partial charge in [0, 0.05) is 11.5 Å². The molecule has 0 aliphatic carbocycles. The van der Waals surface area contributed by atoms with Crippen LogP contribution in [0.5, 0.6) is 5.75 Å². The number of hydrogen-bond donors (Lipinski definition) is 2. The molecule has 0 atom stereocenters. The molecule has 0 saturated carbocycles. The van der Waals surface area contributed by atoms with Gasteiger partial charge in [-0.05, 0) is 18.9 Å². The molecule has 1 aromatic carbocycles. The Morgan fingerprint density at radius 2 is 1.94 bits per heavy atom. The van der Waals surface area contributed by atoms with Crippen molar-refractivity contribution in [3.8, 4) is 5.75 Å². The Bertz CT molecular complexity index is 340. The Balaban J connectivity index is 2.95. The highest BCUT2D eigenvalue weighted by Crippen LogP contribution is 2.15. The standard InChI is InChI=1S/C11H16BFO3/c1-3-9(4-2)16-11-7-8(13)5-6-10(11)12(14)15/h5-7,9,14-15H,3-4H2,1-2H3. The van der Waals surface area contributed by atoms with E-state index in [2.05, 4.69) is 0 Å². The lowest BCUT2D eigenvalue weighted by Gasteiger charge is -2.18. The molecule has 2 N–H and O–H groups in total. The first-order valence-corrected chi connectivity index (χ1v) is 5.40. The summed E-state index contributed by atoms with van der Waals surface area (Å²) in [5.74, 6) is -0.256. The Labute approximate surface area is 95.0 Å². The van der Waals surface area contributed by atoms with E-state index in [1.54, 1.807) is 0 Å². The second-order valence-corrected chi connectivity index (χ2v) is 3.61. The van der Waals surface area contributed by atoms with Crippen LogP contribution in [0.4, 0.5) is 4.39 Å². The Morgan fingerprint density at radius 3 is 2.44 bits per heavy atom. The minimum Gasteiger partial charge on any atom is -0.491 e. The number of hydrogen-bond acceptors (Lipinski definition) is 3. The van der Waals surface area contributed by atoms with Crippen LogP contribution < -0.4 is 10.2 Å². The largest absolute Gasteiger partial charge is 0.492 e. The second kappa shape index (κ2) is 5.87. The van der Waals surface area contributed by atoms with Crippen LogP contribution in [0, 0.1) is 5.82 Å². The van der Waals surface area contributed by atoms with Crippen molar-refractivity contribution < 1.29 is 19.2 Å². The molecule has 0 heterocycles. The first-order chi connectivity index (χ1) is 7.58. The molecule has 1 aromatic rings. The van der Waals surface area contributed by atoms with E-state index in [4.69, 9.17) is 14.8 Å². The summed E-state index contributed by atoms with van der Waals surface area (Å²) in [6, 6.07) is 3.67. The lowest BCUT2D eigenvalue weighted by atomic mass is 9.79. The lowest BCUT2D eigenvalue weighted by molar-refractivity contribution is 0.193. The molecule has 0 fully saturated rings. The summed E-state index contributed by atoms with van der Waals surface area (Å²) >= 11 is 0. The van der Waals surface area contributed by atoms with Crippen LogP contribution in [0.2, 0.25) is 0 Å². The van der Waals surface area contributed by atoms with Gasteiger partial charge in [-0.15, -0.1) is 0 Å². The minimum absolute atomic E-state index is 0.0423. The summed E-state index contributed by atoms with van der Waals surface area (Å²) in [5.41, 5.74) is 0.188. The van der Waals surface area contributed by atoms with Crippen molar-refractivity contribution in [1.82, 2.24) is 0 Å². The van der Waals surface area contributed by atoms with Crippen LogP contribution in [-0.4, -0.2) is 23.3 Å². The molecule has 0 aliphatic heterocycles. The third kappa shape index (κ3) is 3.22. The second-order valence-electron chi connectivity index (χ2n) is 3.61. The highest BCUT2D eigenvalue weighted by molar-refractivity contribution is 6.59. The highest BCUT2D eigenvalue weighted by atomic mass is 19.1. The van der Waals surface area contributed by atoms with Gasteiger partial charge in [0.2, 0.25) is 0 Å². The Kier molecular flexibility index (Phi) is 4.77. The van der Waals surface area contributed by atoms with Gasteiger partial charge in [-0.25, -0.2) is 4.39 Å². The molecule has 5 heteroatoms. The van der Waals surface area contributed by atoms with Crippen LogP contribution in [0.1, 0.15) is 26.7 Å². The fraction of sp³-hybridized carbons (Fsp3) is 0.455. The van der Waals surface area contributed by atoms with E-state index in [1.807, 2.05) is 13.8 Å². The molecule has 0 unspecified atom stereocenters. The van der Waals surface area contributed by atoms with Crippen LogP contribution in [-0.2, 0) is 0 Å². The first kappa shape index (κ1) is 13.0. The SMILES string of the molecule is CCC(CC)Oc1cc(F)ccc1B(O)O. The highest BCUT2D eigenvalue weighted by Gasteiger charge is 2.19. The monoisotopic (exact) mass is 226 g/mol.